The predicted molar refractivity (Wildman–Crippen MR) is 131 cm³/mol. The third kappa shape index (κ3) is 4.67. The van der Waals surface area contributed by atoms with Crippen LogP contribution in [0.1, 0.15) is 34.3 Å². The van der Waals surface area contributed by atoms with Crippen molar-refractivity contribution in [3.8, 4) is 0 Å². The first kappa shape index (κ1) is 22.3. The van der Waals surface area contributed by atoms with Gasteiger partial charge in [-0.3, -0.25) is 14.9 Å². The number of hydrogen-bond acceptors (Lipinski definition) is 5. The number of carbonyl (C=O) groups excluding carboxylic acids is 1. The Balaban J connectivity index is 1.58. The van der Waals surface area contributed by atoms with Gasteiger partial charge in [0.05, 0.1) is 4.92 Å². The van der Waals surface area contributed by atoms with Crippen LogP contribution in [0.3, 0.4) is 0 Å². The van der Waals surface area contributed by atoms with Crippen molar-refractivity contribution >= 4 is 23.0 Å². The van der Waals surface area contributed by atoms with Crippen molar-refractivity contribution in [2.75, 3.05) is 43.0 Å². The molecule has 1 aliphatic rings. The largest absolute Gasteiger partial charge is 0.368 e. The summed E-state index contributed by atoms with van der Waals surface area (Å²) in [5, 5.41) is 14.7. The van der Waals surface area contributed by atoms with Gasteiger partial charge in [0.2, 0.25) is 0 Å². The Bertz CT molecular complexity index is 1140. The number of carbonyl (C=O) groups is 1. The van der Waals surface area contributed by atoms with Crippen LogP contribution >= 0.6 is 0 Å². The second-order valence-corrected chi connectivity index (χ2v) is 8.20. The lowest BCUT2D eigenvalue weighted by Crippen LogP contribution is -2.46. The lowest BCUT2D eigenvalue weighted by molar-refractivity contribution is -0.384. The topological polar surface area (TPSA) is 78.7 Å². The predicted octanol–water partition coefficient (Wildman–Crippen LogP) is 4.43. The number of hydrogen-bond donors (Lipinski definition) is 1. The molecule has 0 aliphatic carbocycles. The zero-order valence-corrected chi connectivity index (χ0v) is 18.9. The first-order valence-electron chi connectivity index (χ1n) is 11.1. The highest BCUT2D eigenvalue weighted by atomic mass is 16.6. The average molecular weight is 445 g/mol. The molecule has 7 nitrogen and oxygen atoms in total. The van der Waals surface area contributed by atoms with E-state index in [2.05, 4.69) is 27.2 Å². The minimum Gasteiger partial charge on any atom is -0.368 e. The van der Waals surface area contributed by atoms with Crippen LogP contribution in [0.2, 0.25) is 0 Å². The molecule has 1 fully saturated rings. The van der Waals surface area contributed by atoms with Crippen molar-refractivity contribution in [2.24, 2.45) is 0 Å². The fourth-order valence-corrected chi connectivity index (χ4v) is 4.46. The lowest BCUT2D eigenvalue weighted by atomic mass is 9.89. The maximum atomic E-state index is 12.3. The number of nitrogens with one attached hydrogen (secondary N) is 1. The summed E-state index contributed by atoms with van der Waals surface area (Å²) in [5.74, 6) is -0.332. The molecule has 0 spiro atoms. The monoisotopic (exact) mass is 444 g/mol. The van der Waals surface area contributed by atoms with Crippen LogP contribution in [0.4, 0.5) is 17.1 Å². The first-order chi connectivity index (χ1) is 16.0. The number of nitro benzene ring substituents is 1. The third-order valence-electron chi connectivity index (χ3n) is 6.34. The highest BCUT2D eigenvalue weighted by molar-refractivity contribution is 5.95. The lowest BCUT2D eigenvalue weighted by Gasteiger charge is -2.37. The van der Waals surface area contributed by atoms with Gasteiger partial charge in [-0.2, -0.15) is 0 Å². The van der Waals surface area contributed by atoms with Crippen molar-refractivity contribution < 1.29 is 9.72 Å². The molecule has 3 aromatic carbocycles. The van der Waals surface area contributed by atoms with Gasteiger partial charge in [-0.25, -0.2) is 0 Å². The van der Waals surface area contributed by atoms with Gasteiger partial charge in [0, 0.05) is 56.5 Å². The summed E-state index contributed by atoms with van der Waals surface area (Å²) in [5.41, 5.74) is 4.15. The Morgan fingerprint density at radius 2 is 1.58 bits per heavy atom. The Morgan fingerprint density at radius 1 is 0.939 bits per heavy atom. The number of para-hydroxylation sites is 1. The Labute approximate surface area is 193 Å². The number of amides is 1. The standard InChI is InChI=1S/C26H28N4O3/c1-19(22-10-6-7-11-23(22)26(31)27-2)20-12-13-24(25(18-20)30(32)33)29-16-14-28(15-17-29)21-8-4-3-5-9-21/h3-13,18-19H,14-17H2,1-2H3,(H,27,31). The first-order valence-corrected chi connectivity index (χ1v) is 11.1. The molecule has 0 saturated carbocycles. The van der Waals surface area contributed by atoms with Gasteiger partial charge in [-0.1, -0.05) is 49.4 Å². The number of benzene rings is 3. The summed E-state index contributed by atoms with van der Waals surface area (Å²) in [7, 11) is 1.60. The number of nitro groups is 1. The van der Waals surface area contributed by atoms with Crippen LogP contribution in [0.5, 0.6) is 0 Å². The highest BCUT2D eigenvalue weighted by Gasteiger charge is 2.26. The molecule has 1 unspecified atom stereocenters. The molecule has 0 aromatic heterocycles. The maximum Gasteiger partial charge on any atom is 0.292 e. The molecule has 170 valence electrons. The summed E-state index contributed by atoms with van der Waals surface area (Å²) in [6, 6.07) is 23.1. The van der Waals surface area contributed by atoms with Crippen LogP contribution in [-0.2, 0) is 0 Å². The minimum atomic E-state index is -0.306. The number of anilines is 2. The van der Waals surface area contributed by atoms with E-state index < -0.39 is 0 Å². The van der Waals surface area contributed by atoms with E-state index in [1.54, 1.807) is 19.2 Å². The number of piperazine rings is 1. The van der Waals surface area contributed by atoms with E-state index in [1.165, 1.54) is 5.69 Å². The van der Waals surface area contributed by atoms with Gasteiger partial charge in [-0.15, -0.1) is 0 Å². The smallest absolute Gasteiger partial charge is 0.292 e. The quantitative estimate of drug-likeness (QED) is 0.449. The molecule has 1 heterocycles. The Morgan fingerprint density at radius 3 is 2.24 bits per heavy atom. The Kier molecular flexibility index (Phi) is 6.58. The summed E-state index contributed by atoms with van der Waals surface area (Å²) in [6.07, 6.45) is 0. The van der Waals surface area contributed by atoms with Gasteiger partial charge < -0.3 is 15.1 Å². The van der Waals surface area contributed by atoms with Gasteiger partial charge >= 0.3 is 0 Å². The molecule has 0 radical (unpaired) electrons. The van der Waals surface area contributed by atoms with Crippen molar-refractivity contribution in [1.82, 2.24) is 5.32 Å². The van der Waals surface area contributed by atoms with Crippen molar-refractivity contribution in [3.05, 3.63) is 99.6 Å². The molecule has 7 heteroatoms. The molecule has 1 aliphatic heterocycles. The van der Waals surface area contributed by atoms with Gasteiger partial charge in [0.25, 0.3) is 11.6 Å². The molecular weight excluding hydrogens is 416 g/mol. The van der Waals surface area contributed by atoms with E-state index in [4.69, 9.17) is 0 Å². The van der Waals surface area contributed by atoms with Gasteiger partial charge in [0.1, 0.15) is 5.69 Å². The molecule has 3 aromatic rings. The number of nitrogens with zero attached hydrogens (tertiary/aromatic N) is 3. The zero-order valence-electron chi connectivity index (χ0n) is 18.9. The fraction of sp³-hybridized carbons (Fsp3) is 0.269. The fourth-order valence-electron chi connectivity index (χ4n) is 4.46. The zero-order chi connectivity index (χ0) is 23.4. The Hall–Kier alpha value is -3.87. The molecule has 33 heavy (non-hydrogen) atoms. The molecule has 1 atom stereocenters. The normalized spacial score (nSPS) is 14.6. The van der Waals surface area contributed by atoms with Crippen molar-refractivity contribution in [2.45, 2.75) is 12.8 Å². The summed E-state index contributed by atoms with van der Waals surface area (Å²) in [6.45, 7) is 5.01. The molecule has 1 amide bonds. The minimum absolute atomic E-state index is 0.102. The summed E-state index contributed by atoms with van der Waals surface area (Å²) in [4.78, 5) is 28.4. The average Bonchev–Trinajstić information content (AvgIpc) is 2.88. The summed E-state index contributed by atoms with van der Waals surface area (Å²) < 4.78 is 0. The van der Waals surface area contributed by atoms with Gasteiger partial charge in [-0.05, 0) is 35.4 Å². The summed E-state index contributed by atoms with van der Waals surface area (Å²) >= 11 is 0. The second-order valence-electron chi connectivity index (χ2n) is 8.20. The van der Waals surface area contributed by atoms with E-state index >= 15 is 0 Å². The van der Waals surface area contributed by atoms with E-state index in [1.807, 2.05) is 55.5 Å². The third-order valence-corrected chi connectivity index (χ3v) is 6.34. The van der Waals surface area contributed by atoms with Crippen molar-refractivity contribution in [1.29, 1.82) is 0 Å². The molecule has 1 saturated heterocycles. The number of rotatable bonds is 6. The van der Waals surface area contributed by atoms with E-state index in [9.17, 15) is 14.9 Å². The maximum absolute atomic E-state index is 12.3. The van der Waals surface area contributed by atoms with Crippen molar-refractivity contribution in [3.63, 3.8) is 0 Å². The molecule has 4 rings (SSSR count). The van der Waals surface area contributed by atoms with E-state index in [-0.39, 0.29) is 22.4 Å². The molecular formula is C26H28N4O3. The SMILES string of the molecule is CNC(=O)c1ccccc1C(C)c1ccc(N2CCN(c3ccccc3)CC2)c([N+](=O)[O-])c1. The van der Waals surface area contributed by atoms with Gasteiger partial charge in [0.15, 0.2) is 0 Å². The van der Waals surface area contributed by atoms with Crippen LogP contribution in [-0.4, -0.2) is 44.1 Å². The van der Waals surface area contributed by atoms with Crippen LogP contribution < -0.4 is 15.1 Å². The van der Waals surface area contributed by atoms with Crippen LogP contribution in [0.25, 0.3) is 0 Å². The second kappa shape index (κ2) is 9.73. The van der Waals surface area contributed by atoms with E-state index in [0.29, 0.717) is 24.3 Å². The van der Waals surface area contributed by atoms with Crippen LogP contribution in [0, 0.1) is 10.1 Å². The van der Waals surface area contributed by atoms with Crippen LogP contribution in [0.15, 0.2) is 72.8 Å². The molecule has 0 bridgehead atoms. The van der Waals surface area contributed by atoms with E-state index in [0.717, 1.165) is 24.2 Å². The molecule has 1 N–H and O–H groups in total. The highest BCUT2D eigenvalue weighted by Crippen LogP contribution is 2.35.